The summed E-state index contributed by atoms with van der Waals surface area (Å²) in [7, 11) is 0. The van der Waals surface area contributed by atoms with Gasteiger partial charge in [0.15, 0.2) is 0 Å². The van der Waals surface area contributed by atoms with Crippen LogP contribution in [0.3, 0.4) is 0 Å². The summed E-state index contributed by atoms with van der Waals surface area (Å²) >= 11 is 0. The minimum absolute atomic E-state index is 0.0712. The summed E-state index contributed by atoms with van der Waals surface area (Å²) in [5.41, 5.74) is 1.23. The van der Waals surface area contributed by atoms with Gasteiger partial charge in [0.05, 0.1) is 17.1 Å². The van der Waals surface area contributed by atoms with Crippen molar-refractivity contribution in [2.75, 3.05) is 23.8 Å². The van der Waals surface area contributed by atoms with Gasteiger partial charge in [-0.2, -0.15) is 0 Å². The van der Waals surface area contributed by atoms with Crippen LogP contribution in [0.25, 0.3) is 0 Å². The minimum Gasteiger partial charge on any atom is -0.379 e. The molecule has 110 valence electrons. The van der Waals surface area contributed by atoms with Gasteiger partial charge >= 0.3 is 5.69 Å². The van der Waals surface area contributed by atoms with Crippen molar-refractivity contribution in [1.29, 1.82) is 0 Å². The third-order valence-corrected chi connectivity index (χ3v) is 3.50. The molecule has 20 heavy (non-hydrogen) atoms. The molecule has 0 radical (unpaired) electrons. The Labute approximate surface area is 118 Å². The van der Waals surface area contributed by atoms with E-state index < -0.39 is 0 Å². The van der Waals surface area contributed by atoms with Gasteiger partial charge in [-0.05, 0) is 31.9 Å². The van der Waals surface area contributed by atoms with Crippen LogP contribution >= 0.6 is 0 Å². The van der Waals surface area contributed by atoms with Gasteiger partial charge in [0.1, 0.15) is 11.4 Å². The fourth-order valence-corrected chi connectivity index (χ4v) is 2.38. The van der Waals surface area contributed by atoms with Crippen LogP contribution in [0.5, 0.6) is 0 Å². The molecule has 1 aliphatic heterocycles. The highest BCUT2D eigenvalue weighted by atomic mass is 16.6. The van der Waals surface area contributed by atoms with Crippen LogP contribution in [0, 0.1) is 10.1 Å². The Morgan fingerprint density at radius 3 is 2.80 bits per heavy atom. The first-order valence-corrected chi connectivity index (χ1v) is 7.03. The van der Waals surface area contributed by atoms with E-state index in [1.807, 2.05) is 19.9 Å². The lowest BCUT2D eigenvalue weighted by Gasteiger charge is -2.18. The van der Waals surface area contributed by atoms with Gasteiger partial charge in [-0.1, -0.05) is 13.0 Å². The normalized spacial score (nSPS) is 21.7. The van der Waals surface area contributed by atoms with Crippen molar-refractivity contribution in [3.8, 4) is 0 Å². The van der Waals surface area contributed by atoms with E-state index in [9.17, 15) is 10.1 Å². The molecule has 6 heteroatoms. The molecule has 2 rings (SSSR count). The number of hydrogen-bond acceptors (Lipinski definition) is 5. The van der Waals surface area contributed by atoms with E-state index in [0.717, 1.165) is 12.8 Å². The van der Waals surface area contributed by atoms with Crippen LogP contribution in [0.15, 0.2) is 18.2 Å². The van der Waals surface area contributed by atoms with Crippen molar-refractivity contribution in [3.05, 3.63) is 28.3 Å². The molecule has 1 aromatic rings. The topological polar surface area (TPSA) is 76.4 Å². The van der Waals surface area contributed by atoms with Crippen molar-refractivity contribution < 1.29 is 9.66 Å². The van der Waals surface area contributed by atoms with Gasteiger partial charge in [-0.25, -0.2) is 0 Å². The Morgan fingerprint density at radius 2 is 2.20 bits per heavy atom. The molecular weight excluding hydrogens is 258 g/mol. The second kappa shape index (κ2) is 6.56. The molecule has 0 aliphatic carbocycles. The number of anilines is 2. The zero-order valence-corrected chi connectivity index (χ0v) is 11.9. The van der Waals surface area contributed by atoms with Crippen molar-refractivity contribution in [2.24, 2.45) is 0 Å². The van der Waals surface area contributed by atoms with Crippen LogP contribution < -0.4 is 10.6 Å². The lowest BCUT2D eigenvalue weighted by atomic mass is 10.1. The summed E-state index contributed by atoms with van der Waals surface area (Å²) in [5.74, 6) is 0. The summed E-state index contributed by atoms with van der Waals surface area (Å²) < 4.78 is 5.49. The van der Waals surface area contributed by atoms with Crippen molar-refractivity contribution in [1.82, 2.24) is 0 Å². The maximum absolute atomic E-state index is 11.4. The molecule has 0 bridgehead atoms. The van der Waals surface area contributed by atoms with Gasteiger partial charge in [-0.15, -0.1) is 0 Å². The van der Waals surface area contributed by atoms with E-state index in [0.29, 0.717) is 24.5 Å². The van der Waals surface area contributed by atoms with Crippen molar-refractivity contribution in [3.63, 3.8) is 0 Å². The van der Waals surface area contributed by atoms with E-state index in [1.165, 1.54) is 0 Å². The molecule has 0 spiro atoms. The number of ether oxygens (including phenoxy) is 1. The Hall–Kier alpha value is -1.82. The molecule has 0 amide bonds. The van der Waals surface area contributed by atoms with Gasteiger partial charge < -0.3 is 15.4 Å². The van der Waals surface area contributed by atoms with Gasteiger partial charge in [-0.3, -0.25) is 10.1 Å². The molecular formula is C14H21N3O3. The third-order valence-electron chi connectivity index (χ3n) is 3.50. The molecule has 2 N–H and O–H groups in total. The highest BCUT2D eigenvalue weighted by molar-refractivity contribution is 5.76. The molecule has 6 nitrogen and oxygen atoms in total. The molecule has 2 unspecified atom stereocenters. The average Bonchev–Trinajstić information content (AvgIpc) is 2.81. The highest BCUT2D eigenvalue weighted by Gasteiger charge is 2.27. The Morgan fingerprint density at radius 1 is 1.45 bits per heavy atom. The fourth-order valence-electron chi connectivity index (χ4n) is 2.38. The summed E-state index contributed by atoms with van der Waals surface area (Å²) in [5, 5.41) is 17.7. The molecule has 2 atom stereocenters. The third kappa shape index (κ3) is 3.19. The minimum atomic E-state index is -0.333. The lowest BCUT2D eigenvalue weighted by Crippen LogP contribution is -2.27. The van der Waals surface area contributed by atoms with Crippen LogP contribution in [-0.2, 0) is 4.74 Å². The average molecular weight is 279 g/mol. The number of nitrogens with one attached hydrogen (secondary N) is 2. The molecule has 1 fully saturated rings. The van der Waals surface area contributed by atoms with E-state index in [1.54, 1.807) is 12.1 Å². The van der Waals surface area contributed by atoms with Crippen molar-refractivity contribution in [2.45, 2.75) is 38.8 Å². The van der Waals surface area contributed by atoms with Crippen LogP contribution in [-0.4, -0.2) is 30.2 Å². The van der Waals surface area contributed by atoms with Gasteiger partial charge in [0.2, 0.25) is 0 Å². The monoisotopic (exact) mass is 279 g/mol. The number of nitrogens with zero attached hydrogens (tertiary/aromatic N) is 1. The standard InChI is InChI=1S/C14H21N3O3/c1-3-8-15-12-5-4-6-13(14(12)17(18)19)16-11-7-9-20-10(11)2/h4-6,10-11,15-16H,3,7-9H2,1-2H3. The first-order valence-electron chi connectivity index (χ1n) is 7.03. The summed E-state index contributed by atoms with van der Waals surface area (Å²) in [6, 6.07) is 5.44. The van der Waals surface area contributed by atoms with Gasteiger partial charge in [0.25, 0.3) is 0 Å². The highest BCUT2D eigenvalue weighted by Crippen LogP contribution is 2.34. The van der Waals surface area contributed by atoms with Gasteiger partial charge in [0, 0.05) is 13.2 Å². The number of nitro benzene ring substituents is 1. The number of para-hydroxylation sites is 1. The van der Waals surface area contributed by atoms with Crippen LogP contribution in [0.1, 0.15) is 26.7 Å². The lowest BCUT2D eigenvalue weighted by molar-refractivity contribution is -0.383. The SMILES string of the molecule is CCCNc1cccc(NC2CCOC2C)c1[N+](=O)[O-]. The zero-order chi connectivity index (χ0) is 14.5. The number of hydrogen-bond donors (Lipinski definition) is 2. The summed E-state index contributed by atoms with van der Waals surface area (Å²) in [4.78, 5) is 11.0. The predicted molar refractivity (Wildman–Crippen MR) is 79.3 cm³/mol. The number of rotatable bonds is 6. The molecule has 1 saturated heterocycles. The molecule has 1 heterocycles. The Kier molecular flexibility index (Phi) is 4.79. The largest absolute Gasteiger partial charge is 0.379 e. The van der Waals surface area contributed by atoms with Crippen LogP contribution in [0.2, 0.25) is 0 Å². The smallest absolute Gasteiger partial charge is 0.315 e. The predicted octanol–water partition coefficient (Wildman–Crippen LogP) is 3.01. The number of nitro groups is 1. The second-order valence-corrected chi connectivity index (χ2v) is 5.00. The first-order chi connectivity index (χ1) is 9.63. The maximum Gasteiger partial charge on any atom is 0.315 e. The van der Waals surface area contributed by atoms with E-state index >= 15 is 0 Å². The molecule has 1 aliphatic rings. The van der Waals surface area contributed by atoms with Crippen molar-refractivity contribution >= 4 is 17.1 Å². The fraction of sp³-hybridized carbons (Fsp3) is 0.571. The molecule has 0 aromatic heterocycles. The summed E-state index contributed by atoms with van der Waals surface area (Å²) in [6.07, 6.45) is 1.86. The first kappa shape index (κ1) is 14.6. The Balaban J connectivity index is 2.24. The molecule has 0 saturated carbocycles. The molecule has 1 aromatic carbocycles. The van der Waals surface area contributed by atoms with E-state index in [2.05, 4.69) is 10.6 Å². The number of benzene rings is 1. The Bertz CT molecular complexity index is 479. The second-order valence-electron chi connectivity index (χ2n) is 5.00. The maximum atomic E-state index is 11.4. The quantitative estimate of drug-likeness (QED) is 0.618. The van der Waals surface area contributed by atoms with Crippen LogP contribution in [0.4, 0.5) is 17.1 Å². The zero-order valence-electron chi connectivity index (χ0n) is 11.9. The summed E-state index contributed by atoms with van der Waals surface area (Å²) in [6.45, 7) is 5.42. The van der Waals surface area contributed by atoms with E-state index in [-0.39, 0.29) is 22.8 Å². The van der Waals surface area contributed by atoms with E-state index in [4.69, 9.17) is 4.74 Å².